The molecule has 2 unspecified atom stereocenters. The number of rotatable bonds is 4. The molecule has 1 N–H and O–H groups in total. The number of ether oxygens (including phenoxy) is 1. The standard InChI is InChI=1S/C16H19NO4/c1-11-2-4-13(5-3-11)21-10-12-8-16(15(19)20)7-6-14(18)17(16)9-12/h2-5,12H,6-10H2,1H3,(H,19,20). The van der Waals surface area contributed by atoms with Crippen molar-refractivity contribution in [2.75, 3.05) is 13.2 Å². The Hall–Kier alpha value is -2.04. The first-order valence-electron chi connectivity index (χ1n) is 7.24. The zero-order valence-corrected chi connectivity index (χ0v) is 12.0. The van der Waals surface area contributed by atoms with Crippen LogP contribution in [0.25, 0.3) is 0 Å². The fourth-order valence-electron chi connectivity index (χ4n) is 3.38. The maximum atomic E-state index is 11.8. The molecule has 1 aromatic rings. The van der Waals surface area contributed by atoms with Gasteiger partial charge in [0.05, 0.1) is 6.61 Å². The van der Waals surface area contributed by atoms with E-state index in [2.05, 4.69) is 0 Å². The number of aliphatic carboxylic acids is 1. The number of carbonyl (C=O) groups excluding carboxylic acids is 1. The summed E-state index contributed by atoms with van der Waals surface area (Å²) in [7, 11) is 0. The molecule has 2 heterocycles. The summed E-state index contributed by atoms with van der Waals surface area (Å²) in [6.45, 7) is 2.94. The Morgan fingerprint density at radius 2 is 2.14 bits per heavy atom. The largest absolute Gasteiger partial charge is 0.493 e. The minimum Gasteiger partial charge on any atom is -0.493 e. The van der Waals surface area contributed by atoms with Crippen molar-refractivity contribution >= 4 is 11.9 Å². The molecule has 1 aromatic carbocycles. The third-order valence-electron chi connectivity index (χ3n) is 4.54. The first kappa shape index (κ1) is 13.9. The van der Waals surface area contributed by atoms with Crippen LogP contribution in [-0.4, -0.2) is 40.6 Å². The summed E-state index contributed by atoms with van der Waals surface area (Å²) in [6, 6.07) is 7.77. The van der Waals surface area contributed by atoms with E-state index in [0.29, 0.717) is 32.4 Å². The zero-order chi connectivity index (χ0) is 15.0. The number of benzene rings is 1. The first-order chi connectivity index (χ1) is 10.0. The van der Waals surface area contributed by atoms with Crippen molar-refractivity contribution in [2.45, 2.75) is 31.7 Å². The molecule has 0 aromatic heterocycles. The van der Waals surface area contributed by atoms with Gasteiger partial charge in [0.1, 0.15) is 11.3 Å². The Bertz CT molecular complexity index is 568. The van der Waals surface area contributed by atoms with Gasteiger partial charge in [-0.3, -0.25) is 4.79 Å². The lowest BCUT2D eigenvalue weighted by atomic mass is 9.90. The minimum absolute atomic E-state index is 0.0461. The fourth-order valence-corrected chi connectivity index (χ4v) is 3.38. The second-order valence-electron chi connectivity index (χ2n) is 6.04. The molecule has 112 valence electrons. The summed E-state index contributed by atoms with van der Waals surface area (Å²) < 4.78 is 5.74. The van der Waals surface area contributed by atoms with Crippen molar-refractivity contribution in [3.05, 3.63) is 29.8 Å². The first-order valence-corrected chi connectivity index (χ1v) is 7.24. The molecule has 0 radical (unpaired) electrons. The number of carboxylic acid groups (broad SMARTS) is 1. The number of hydrogen-bond donors (Lipinski definition) is 1. The van der Waals surface area contributed by atoms with Gasteiger partial charge in [0.2, 0.25) is 5.91 Å². The van der Waals surface area contributed by atoms with E-state index in [4.69, 9.17) is 4.74 Å². The number of hydrogen-bond acceptors (Lipinski definition) is 3. The highest BCUT2D eigenvalue weighted by atomic mass is 16.5. The molecular formula is C16H19NO4. The van der Waals surface area contributed by atoms with Crippen molar-refractivity contribution in [3.8, 4) is 5.75 Å². The van der Waals surface area contributed by atoms with Gasteiger partial charge in [-0.25, -0.2) is 4.79 Å². The summed E-state index contributed by atoms with van der Waals surface area (Å²) in [5, 5.41) is 9.49. The Morgan fingerprint density at radius 3 is 2.76 bits per heavy atom. The van der Waals surface area contributed by atoms with Crippen LogP contribution in [-0.2, 0) is 9.59 Å². The number of carbonyl (C=O) groups is 2. The molecule has 1 amide bonds. The van der Waals surface area contributed by atoms with E-state index in [1.165, 1.54) is 5.56 Å². The van der Waals surface area contributed by atoms with Crippen LogP contribution in [0.15, 0.2) is 24.3 Å². The van der Waals surface area contributed by atoms with E-state index in [1.54, 1.807) is 4.90 Å². The van der Waals surface area contributed by atoms with Crippen LogP contribution < -0.4 is 4.74 Å². The van der Waals surface area contributed by atoms with Crippen LogP contribution in [0.1, 0.15) is 24.8 Å². The van der Waals surface area contributed by atoms with Gasteiger partial charge in [0.15, 0.2) is 0 Å². The highest BCUT2D eigenvalue weighted by Gasteiger charge is 2.57. The van der Waals surface area contributed by atoms with Crippen molar-refractivity contribution in [1.82, 2.24) is 4.90 Å². The maximum Gasteiger partial charge on any atom is 0.329 e. The molecule has 2 fully saturated rings. The Morgan fingerprint density at radius 1 is 1.43 bits per heavy atom. The van der Waals surface area contributed by atoms with Gasteiger partial charge in [-0.1, -0.05) is 17.7 Å². The summed E-state index contributed by atoms with van der Waals surface area (Å²) in [6.07, 6.45) is 1.25. The predicted molar refractivity (Wildman–Crippen MR) is 76.1 cm³/mol. The number of nitrogens with zero attached hydrogens (tertiary/aromatic N) is 1. The fraction of sp³-hybridized carbons (Fsp3) is 0.500. The summed E-state index contributed by atoms with van der Waals surface area (Å²) in [4.78, 5) is 25.0. The average molecular weight is 289 g/mol. The quantitative estimate of drug-likeness (QED) is 0.918. The third kappa shape index (κ3) is 2.37. The molecule has 0 aliphatic carbocycles. The van der Waals surface area contributed by atoms with Crippen molar-refractivity contribution in [1.29, 1.82) is 0 Å². The molecule has 3 rings (SSSR count). The van der Waals surface area contributed by atoms with Crippen molar-refractivity contribution in [3.63, 3.8) is 0 Å². The smallest absolute Gasteiger partial charge is 0.329 e. The molecule has 5 nitrogen and oxygen atoms in total. The van der Waals surface area contributed by atoms with Gasteiger partial charge in [-0.05, 0) is 31.9 Å². The van der Waals surface area contributed by atoms with E-state index in [0.717, 1.165) is 5.75 Å². The van der Waals surface area contributed by atoms with E-state index in [-0.39, 0.29) is 11.8 Å². The number of carboxylic acids is 1. The van der Waals surface area contributed by atoms with E-state index in [9.17, 15) is 14.7 Å². The molecule has 2 saturated heterocycles. The molecule has 21 heavy (non-hydrogen) atoms. The molecule has 0 saturated carbocycles. The predicted octanol–water partition coefficient (Wildman–Crippen LogP) is 1.84. The summed E-state index contributed by atoms with van der Waals surface area (Å²) in [5.74, 6) is -0.0727. The molecule has 5 heteroatoms. The second kappa shape index (κ2) is 5.06. The Balaban J connectivity index is 1.65. The monoisotopic (exact) mass is 289 g/mol. The van der Waals surface area contributed by atoms with E-state index < -0.39 is 11.5 Å². The number of fused-ring (bicyclic) bond motifs is 1. The molecule has 0 bridgehead atoms. The van der Waals surface area contributed by atoms with Crippen LogP contribution in [0.5, 0.6) is 5.75 Å². The Kier molecular flexibility index (Phi) is 3.35. The van der Waals surface area contributed by atoms with E-state index in [1.807, 2.05) is 31.2 Å². The van der Waals surface area contributed by atoms with Crippen LogP contribution in [0.4, 0.5) is 0 Å². The maximum absolute atomic E-state index is 11.8. The van der Waals surface area contributed by atoms with Gasteiger partial charge in [-0.15, -0.1) is 0 Å². The Labute approximate surface area is 123 Å². The molecule has 2 atom stereocenters. The average Bonchev–Trinajstić information content (AvgIpc) is 2.97. The van der Waals surface area contributed by atoms with E-state index >= 15 is 0 Å². The van der Waals surface area contributed by atoms with Crippen LogP contribution in [0.2, 0.25) is 0 Å². The molecular weight excluding hydrogens is 270 g/mol. The van der Waals surface area contributed by atoms with Crippen molar-refractivity contribution < 1.29 is 19.4 Å². The summed E-state index contributed by atoms with van der Waals surface area (Å²) >= 11 is 0. The lowest BCUT2D eigenvalue weighted by Crippen LogP contribution is -2.47. The zero-order valence-electron chi connectivity index (χ0n) is 12.0. The molecule has 2 aliphatic rings. The second-order valence-corrected chi connectivity index (χ2v) is 6.04. The van der Waals surface area contributed by atoms with Gasteiger partial charge < -0.3 is 14.7 Å². The third-order valence-corrected chi connectivity index (χ3v) is 4.54. The number of amides is 1. The molecule has 2 aliphatic heterocycles. The normalized spacial score (nSPS) is 27.8. The minimum atomic E-state index is -0.988. The van der Waals surface area contributed by atoms with Crippen LogP contribution in [0, 0.1) is 12.8 Å². The summed E-state index contributed by atoms with van der Waals surface area (Å²) in [5.41, 5.74) is 0.178. The lowest BCUT2D eigenvalue weighted by Gasteiger charge is -2.26. The van der Waals surface area contributed by atoms with Crippen LogP contribution in [0.3, 0.4) is 0 Å². The van der Waals surface area contributed by atoms with Gasteiger partial charge >= 0.3 is 5.97 Å². The number of aryl methyl sites for hydroxylation is 1. The molecule has 0 spiro atoms. The highest BCUT2D eigenvalue weighted by Crippen LogP contribution is 2.42. The van der Waals surface area contributed by atoms with Crippen molar-refractivity contribution in [2.24, 2.45) is 5.92 Å². The van der Waals surface area contributed by atoms with Crippen LogP contribution >= 0.6 is 0 Å². The van der Waals surface area contributed by atoms with Gasteiger partial charge in [-0.2, -0.15) is 0 Å². The highest BCUT2D eigenvalue weighted by molar-refractivity contribution is 5.91. The lowest BCUT2D eigenvalue weighted by molar-refractivity contribution is -0.151. The SMILES string of the molecule is Cc1ccc(OCC2CN3C(=O)CCC3(C(=O)O)C2)cc1. The van der Waals surface area contributed by atoms with Gasteiger partial charge in [0, 0.05) is 18.9 Å². The topological polar surface area (TPSA) is 66.8 Å². The van der Waals surface area contributed by atoms with Gasteiger partial charge in [0.25, 0.3) is 0 Å².